The molecule has 7 heteroatoms. The number of amides is 1. The highest BCUT2D eigenvalue weighted by Crippen LogP contribution is 2.44. The minimum absolute atomic E-state index is 0.0220. The summed E-state index contributed by atoms with van der Waals surface area (Å²) in [6.07, 6.45) is 3.67. The number of carbonyl (C=O) groups excluding carboxylic acids is 1. The summed E-state index contributed by atoms with van der Waals surface area (Å²) >= 11 is 5.82. The van der Waals surface area contributed by atoms with Crippen LogP contribution in [0.3, 0.4) is 0 Å². The molecule has 0 saturated carbocycles. The number of nitro groups is 1. The first-order valence-corrected chi connectivity index (χ1v) is 10.6. The number of carbonyl (C=O) groups is 1. The van der Waals surface area contributed by atoms with Crippen LogP contribution in [0.2, 0.25) is 5.02 Å². The average molecular weight is 449 g/mol. The largest absolute Gasteiger partial charge is 0.449 e. The summed E-state index contributed by atoms with van der Waals surface area (Å²) in [6.45, 7) is 0.660. The number of rotatable bonds is 7. The second-order valence-corrected chi connectivity index (χ2v) is 7.82. The Bertz CT molecular complexity index is 1150. The first kappa shape index (κ1) is 21.6. The average Bonchev–Trinajstić information content (AvgIpc) is 3.12. The number of nitrogens with zero attached hydrogens (tertiary/aromatic N) is 1. The van der Waals surface area contributed by atoms with E-state index in [9.17, 15) is 14.9 Å². The molecule has 4 rings (SSSR count). The van der Waals surface area contributed by atoms with Gasteiger partial charge in [-0.1, -0.05) is 78.4 Å². The summed E-state index contributed by atoms with van der Waals surface area (Å²) in [4.78, 5) is 22.6. The highest BCUT2D eigenvalue weighted by molar-refractivity contribution is 6.32. The number of nitrogens with one attached hydrogen (secondary N) is 1. The third-order valence-electron chi connectivity index (χ3n) is 5.40. The number of alkyl carbamates (subject to hydrolysis) is 1. The number of nitro benzene ring substituents is 1. The fourth-order valence-electron chi connectivity index (χ4n) is 3.90. The van der Waals surface area contributed by atoms with E-state index in [1.165, 1.54) is 34.4 Å². The summed E-state index contributed by atoms with van der Waals surface area (Å²) in [5.41, 5.74) is 5.24. The van der Waals surface area contributed by atoms with Crippen LogP contribution in [-0.2, 0) is 4.74 Å². The molecular formula is C25H21ClN2O4. The molecule has 0 spiro atoms. The fraction of sp³-hybridized carbons (Fsp3) is 0.160. The van der Waals surface area contributed by atoms with Crippen LogP contribution < -0.4 is 5.32 Å². The molecule has 1 N–H and O–H groups in total. The van der Waals surface area contributed by atoms with E-state index in [1.807, 2.05) is 30.3 Å². The van der Waals surface area contributed by atoms with Crippen LogP contribution in [0.15, 0.2) is 72.8 Å². The van der Waals surface area contributed by atoms with Gasteiger partial charge < -0.3 is 10.1 Å². The van der Waals surface area contributed by atoms with E-state index in [0.717, 1.165) is 0 Å². The number of hydrogen-bond donors (Lipinski definition) is 1. The molecule has 3 aromatic carbocycles. The highest BCUT2D eigenvalue weighted by atomic mass is 35.5. The number of ether oxygens (including phenoxy) is 1. The van der Waals surface area contributed by atoms with Crippen molar-refractivity contribution >= 4 is 29.5 Å². The molecule has 6 nitrogen and oxygen atoms in total. The second-order valence-electron chi connectivity index (χ2n) is 7.41. The molecule has 32 heavy (non-hydrogen) atoms. The van der Waals surface area contributed by atoms with E-state index in [0.29, 0.717) is 18.5 Å². The van der Waals surface area contributed by atoms with Gasteiger partial charge in [0.2, 0.25) is 0 Å². The number of hydrogen-bond acceptors (Lipinski definition) is 4. The first-order valence-electron chi connectivity index (χ1n) is 10.2. The van der Waals surface area contributed by atoms with Gasteiger partial charge in [0.1, 0.15) is 11.6 Å². The highest BCUT2D eigenvalue weighted by Gasteiger charge is 2.28. The smallest absolute Gasteiger partial charge is 0.407 e. The molecule has 1 amide bonds. The van der Waals surface area contributed by atoms with Gasteiger partial charge in [-0.3, -0.25) is 10.1 Å². The van der Waals surface area contributed by atoms with Crippen molar-refractivity contribution in [3.05, 3.63) is 105 Å². The van der Waals surface area contributed by atoms with Crippen LogP contribution in [0.25, 0.3) is 17.2 Å². The summed E-state index contributed by atoms with van der Waals surface area (Å²) in [5, 5.41) is 13.8. The second kappa shape index (κ2) is 9.66. The minimum Gasteiger partial charge on any atom is -0.449 e. The molecule has 0 heterocycles. The lowest BCUT2D eigenvalue weighted by molar-refractivity contribution is -0.384. The molecule has 0 bridgehead atoms. The van der Waals surface area contributed by atoms with Crippen LogP contribution >= 0.6 is 11.6 Å². The van der Waals surface area contributed by atoms with Gasteiger partial charge in [-0.15, -0.1) is 0 Å². The van der Waals surface area contributed by atoms with Gasteiger partial charge in [0.05, 0.1) is 4.92 Å². The Morgan fingerprint density at radius 3 is 2.38 bits per heavy atom. The molecular weight excluding hydrogens is 428 g/mol. The molecule has 162 valence electrons. The third-order valence-corrected chi connectivity index (χ3v) is 5.72. The Kier molecular flexibility index (Phi) is 6.52. The number of halogens is 1. The maximum absolute atomic E-state index is 12.2. The monoisotopic (exact) mass is 448 g/mol. The molecule has 1 aliphatic rings. The summed E-state index contributed by atoms with van der Waals surface area (Å²) in [6, 6.07) is 21.0. The van der Waals surface area contributed by atoms with E-state index < -0.39 is 11.0 Å². The van der Waals surface area contributed by atoms with E-state index in [4.69, 9.17) is 16.3 Å². The first-order chi connectivity index (χ1) is 15.5. The summed E-state index contributed by atoms with van der Waals surface area (Å²) in [7, 11) is 0. The fourth-order valence-corrected chi connectivity index (χ4v) is 4.09. The standard InChI is InChI=1S/C25H21ClN2O4/c26-23-13-12-17(15-24(23)28(30)31)7-5-6-14-27-25(29)32-16-22-20-10-3-1-8-18(20)19-9-2-4-11-21(19)22/h1-5,7-13,15,22H,6,14,16H2,(H,27,29). The van der Waals surface area contributed by atoms with Crippen molar-refractivity contribution in [2.45, 2.75) is 12.3 Å². The minimum atomic E-state index is -0.516. The third kappa shape index (κ3) is 4.65. The Labute approximate surface area is 190 Å². The maximum atomic E-state index is 12.2. The van der Waals surface area contributed by atoms with Crippen LogP contribution in [-0.4, -0.2) is 24.2 Å². The number of benzene rings is 3. The molecule has 0 atom stereocenters. The molecule has 0 aliphatic heterocycles. The van der Waals surface area contributed by atoms with Crippen LogP contribution in [0.4, 0.5) is 10.5 Å². The SMILES string of the molecule is O=C(NCCC=Cc1ccc(Cl)c([N+](=O)[O-])c1)OCC1c2ccccc2-c2ccccc21. The summed E-state index contributed by atoms with van der Waals surface area (Å²) in [5.74, 6) is 0.0220. The Hall–Kier alpha value is -3.64. The van der Waals surface area contributed by atoms with Gasteiger partial charge in [-0.25, -0.2) is 4.79 Å². The summed E-state index contributed by atoms with van der Waals surface area (Å²) < 4.78 is 5.50. The van der Waals surface area contributed by atoms with Gasteiger partial charge in [0.15, 0.2) is 0 Å². The molecule has 0 radical (unpaired) electrons. The lowest BCUT2D eigenvalue weighted by atomic mass is 9.98. The molecule has 1 aliphatic carbocycles. The van der Waals surface area contributed by atoms with Gasteiger partial charge in [0.25, 0.3) is 5.69 Å². The van der Waals surface area contributed by atoms with Crippen molar-refractivity contribution in [2.24, 2.45) is 0 Å². The molecule has 0 unspecified atom stereocenters. The molecule has 3 aromatic rings. The quantitative estimate of drug-likeness (QED) is 0.265. The van der Waals surface area contributed by atoms with Crippen molar-refractivity contribution < 1.29 is 14.5 Å². The van der Waals surface area contributed by atoms with Crippen molar-refractivity contribution in [1.29, 1.82) is 0 Å². The predicted molar refractivity (Wildman–Crippen MR) is 125 cm³/mol. The molecule has 0 aromatic heterocycles. The van der Waals surface area contributed by atoms with Gasteiger partial charge >= 0.3 is 6.09 Å². The predicted octanol–water partition coefficient (Wildman–Crippen LogP) is 6.19. The van der Waals surface area contributed by atoms with E-state index in [2.05, 4.69) is 29.6 Å². The van der Waals surface area contributed by atoms with Gasteiger partial charge in [0, 0.05) is 18.5 Å². The van der Waals surface area contributed by atoms with Gasteiger partial charge in [-0.2, -0.15) is 0 Å². The maximum Gasteiger partial charge on any atom is 0.407 e. The lowest BCUT2D eigenvalue weighted by Gasteiger charge is -2.14. The van der Waals surface area contributed by atoms with Crippen molar-refractivity contribution in [1.82, 2.24) is 5.32 Å². The zero-order valence-electron chi connectivity index (χ0n) is 17.2. The van der Waals surface area contributed by atoms with Gasteiger partial charge in [-0.05, 0) is 40.3 Å². The van der Waals surface area contributed by atoms with Crippen molar-refractivity contribution in [3.8, 4) is 11.1 Å². The Morgan fingerprint density at radius 1 is 1.06 bits per heavy atom. The van der Waals surface area contributed by atoms with Crippen molar-refractivity contribution in [2.75, 3.05) is 13.2 Å². The molecule has 0 fully saturated rings. The van der Waals surface area contributed by atoms with E-state index in [1.54, 1.807) is 12.1 Å². The Balaban J connectivity index is 1.27. The molecule has 0 saturated heterocycles. The zero-order valence-corrected chi connectivity index (χ0v) is 17.9. The van der Waals surface area contributed by atoms with Crippen LogP contribution in [0, 0.1) is 10.1 Å². The lowest BCUT2D eigenvalue weighted by Crippen LogP contribution is -2.26. The van der Waals surface area contributed by atoms with E-state index in [-0.39, 0.29) is 23.2 Å². The zero-order chi connectivity index (χ0) is 22.5. The topological polar surface area (TPSA) is 81.5 Å². The Morgan fingerprint density at radius 2 is 1.72 bits per heavy atom. The van der Waals surface area contributed by atoms with Crippen LogP contribution in [0.1, 0.15) is 29.0 Å². The van der Waals surface area contributed by atoms with Crippen molar-refractivity contribution in [3.63, 3.8) is 0 Å². The number of fused-ring (bicyclic) bond motifs is 3. The van der Waals surface area contributed by atoms with E-state index >= 15 is 0 Å². The normalized spacial score (nSPS) is 12.4. The van der Waals surface area contributed by atoms with Crippen LogP contribution in [0.5, 0.6) is 0 Å².